The third kappa shape index (κ3) is 3.31. The van der Waals surface area contributed by atoms with E-state index in [-0.39, 0.29) is 12.2 Å². The Morgan fingerprint density at radius 3 is 2.41 bits per heavy atom. The quantitative estimate of drug-likeness (QED) is 0.823. The predicted octanol–water partition coefficient (Wildman–Crippen LogP) is 0.529. The van der Waals surface area contributed by atoms with Crippen LogP contribution in [0.3, 0.4) is 0 Å². The lowest BCUT2D eigenvalue weighted by Crippen LogP contribution is -2.30. The first-order chi connectivity index (χ1) is 7.75. The normalized spacial score (nSPS) is 13.8. The average Bonchev–Trinajstić information content (AvgIpc) is 2.21. The molecule has 0 amide bonds. The Balaban J connectivity index is 3.16. The summed E-state index contributed by atoms with van der Waals surface area (Å²) in [6.07, 6.45) is -5.75. The van der Waals surface area contributed by atoms with Crippen LogP contribution >= 0.6 is 0 Å². The van der Waals surface area contributed by atoms with Gasteiger partial charge in [-0.3, -0.25) is 4.79 Å². The number of halogens is 3. The van der Waals surface area contributed by atoms with Crippen LogP contribution in [0, 0.1) is 6.92 Å². The van der Waals surface area contributed by atoms with E-state index in [1.54, 1.807) is 0 Å². The van der Waals surface area contributed by atoms with Gasteiger partial charge in [0, 0.05) is 11.8 Å². The van der Waals surface area contributed by atoms with Crippen molar-refractivity contribution in [2.75, 3.05) is 6.61 Å². The molecular formula is C10H12F3NO3. The van der Waals surface area contributed by atoms with Crippen LogP contribution in [0.25, 0.3) is 0 Å². The van der Waals surface area contributed by atoms with E-state index in [0.717, 1.165) is 10.6 Å². The highest BCUT2D eigenvalue weighted by molar-refractivity contribution is 5.20. The van der Waals surface area contributed by atoms with Gasteiger partial charge < -0.3 is 14.8 Å². The number of rotatable bonds is 3. The van der Waals surface area contributed by atoms with Gasteiger partial charge in [-0.05, 0) is 13.0 Å². The van der Waals surface area contributed by atoms with E-state index in [1.807, 2.05) is 0 Å². The number of aliphatic hydroxyl groups is 2. The van der Waals surface area contributed by atoms with Gasteiger partial charge in [0.15, 0.2) is 0 Å². The van der Waals surface area contributed by atoms with Gasteiger partial charge in [-0.25, -0.2) is 0 Å². The van der Waals surface area contributed by atoms with Crippen molar-refractivity contribution in [3.05, 3.63) is 33.7 Å². The summed E-state index contributed by atoms with van der Waals surface area (Å²) >= 11 is 0. The molecule has 0 aromatic carbocycles. The van der Waals surface area contributed by atoms with Crippen LogP contribution in [0.4, 0.5) is 13.2 Å². The van der Waals surface area contributed by atoms with Gasteiger partial charge in [-0.2, -0.15) is 13.2 Å². The van der Waals surface area contributed by atoms with E-state index in [9.17, 15) is 18.0 Å². The molecule has 1 aromatic heterocycles. The highest BCUT2D eigenvalue weighted by Gasteiger charge is 2.31. The monoisotopic (exact) mass is 251 g/mol. The molecule has 0 aliphatic heterocycles. The zero-order valence-electron chi connectivity index (χ0n) is 9.03. The minimum absolute atomic E-state index is 0.0809. The second-order valence-corrected chi connectivity index (χ2v) is 3.67. The minimum atomic E-state index is -4.57. The van der Waals surface area contributed by atoms with E-state index >= 15 is 0 Å². The minimum Gasteiger partial charge on any atom is -0.394 e. The summed E-state index contributed by atoms with van der Waals surface area (Å²) in [5.41, 5.74) is -1.79. The standard InChI is InChI=1S/C10H12F3NO3/c1-6-2-7(10(11,12)13)3-9(17)14(6)4-8(16)5-15/h2-3,8,15-16H,4-5H2,1H3/t8-/m1/s1. The Morgan fingerprint density at radius 1 is 1.41 bits per heavy atom. The molecule has 0 aliphatic rings. The van der Waals surface area contributed by atoms with Crippen molar-refractivity contribution in [1.29, 1.82) is 0 Å². The van der Waals surface area contributed by atoms with Crippen molar-refractivity contribution >= 4 is 0 Å². The fraction of sp³-hybridized carbons (Fsp3) is 0.500. The Morgan fingerprint density at radius 2 is 2.00 bits per heavy atom. The Hall–Kier alpha value is -1.34. The van der Waals surface area contributed by atoms with Gasteiger partial charge in [-0.1, -0.05) is 0 Å². The molecule has 0 bridgehead atoms. The van der Waals surface area contributed by atoms with Crippen LogP contribution in [0.2, 0.25) is 0 Å². The van der Waals surface area contributed by atoms with Crippen LogP contribution < -0.4 is 5.56 Å². The Labute approximate surface area is 94.9 Å². The van der Waals surface area contributed by atoms with Gasteiger partial charge in [0.2, 0.25) is 0 Å². The zero-order chi connectivity index (χ0) is 13.2. The van der Waals surface area contributed by atoms with Gasteiger partial charge in [0.1, 0.15) is 0 Å². The number of aryl methyl sites for hydroxylation is 1. The molecule has 1 aromatic rings. The summed E-state index contributed by atoms with van der Waals surface area (Å²) in [6, 6.07) is 1.29. The molecule has 0 unspecified atom stereocenters. The topological polar surface area (TPSA) is 62.5 Å². The lowest BCUT2D eigenvalue weighted by Gasteiger charge is -2.15. The fourth-order valence-corrected chi connectivity index (χ4v) is 1.40. The van der Waals surface area contributed by atoms with Crippen LogP contribution in [-0.2, 0) is 12.7 Å². The molecule has 0 saturated heterocycles. The highest BCUT2D eigenvalue weighted by Crippen LogP contribution is 2.28. The van der Waals surface area contributed by atoms with Crippen LogP contribution in [0.5, 0.6) is 0 Å². The second kappa shape index (κ2) is 4.89. The third-order valence-electron chi connectivity index (χ3n) is 2.27. The lowest BCUT2D eigenvalue weighted by atomic mass is 10.2. The molecule has 1 atom stereocenters. The van der Waals surface area contributed by atoms with Crippen molar-refractivity contribution in [2.24, 2.45) is 0 Å². The predicted molar refractivity (Wildman–Crippen MR) is 53.5 cm³/mol. The fourth-order valence-electron chi connectivity index (χ4n) is 1.40. The van der Waals surface area contributed by atoms with Crippen LogP contribution in [-0.4, -0.2) is 27.5 Å². The molecule has 1 heterocycles. The molecule has 7 heteroatoms. The molecule has 0 fully saturated rings. The maximum atomic E-state index is 12.4. The zero-order valence-corrected chi connectivity index (χ0v) is 9.03. The molecule has 0 aliphatic carbocycles. The van der Waals surface area contributed by atoms with E-state index in [4.69, 9.17) is 10.2 Å². The first-order valence-corrected chi connectivity index (χ1v) is 4.83. The van der Waals surface area contributed by atoms with E-state index in [1.165, 1.54) is 6.92 Å². The van der Waals surface area contributed by atoms with Crippen molar-refractivity contribution in [1.82, 2.24) is 4.57 Å². The number of pyridine rings is 1. The summed E-state index contributed by atoms with van der Waals surface area (Å²) in [4.78, 5) is 11.4. The second-order valence-electron chi connectivity index (χ2n) is 3.67. The van der Waals surface area contributed by atoms with Gasteiger partial charge in [-0.15, -0.1) is 0 Å². The summed E-state index contributed by atoms with van der Waals surface area (Å²) in [7, 11) is 0. The molecule has 4 nitrogen and oxygen atoms in total. The Bertz CT molecular complexity index is 453. The number of aliphatic hydroxyl groups excluding tert-OH is 2. The van der Waals surface area contributed by atoms with E-state index in [0.29, 0.717) is 6.07 Å². The largest absolute Gasteiger partial charge is 0.416 e. The van der Waals surface area contributed by atoms with Crippen molar-refractivity contribution in [3.63, 3.8) is 0 Å². The van der Waals surface area contributed by atoms with E-state index < -0.39 is 30.0 Å². The van der Waals surface area contributed by atoms with Gasteiger partial charge in [0.25, 0.3) is 5.56 Å². The maximum absolute atomic E-state index is 12.4. The highest BCUT2D eigenvalue weighted by atomic mass is 19.4. The molecule has 2 N–H and O–H groups in total. The van der Waals surface area contributed by atoms with Gasteiger partial charge in [0.05, 0.1) is 24.8 Å². The molecule has 1 rings (SSSR count). The molecular weight excluding hydrogens is 239 g/mol. The number of nitrogens with zero attached hydrogens (tertiary/aromatic N) is 1. The summed E-state index contributed by atoms with van der Waals surface area (Å²) < 4.78 is 38.1. The van der Waals surface area contributed by atoms with Crippen LogP contribution in [0.15, 0.2) is 16.9 Å². The first-order valence-electron chi connectivity index (χ1n) is 4.83. The van der Waals surface area contributed by atoms with Crippen molar-refractivity contribution < 1.29 is 23.4 Å². The molecule has 96 valence electrons. The summed E-state index contributed by atoms with van der Waals surface area (Å²) in [6.45, 7) is 0.535. The summed E-state index contributed by atoms with van der Waals surface area (Å²) in [5, 5.41) is 17.8. The first kappa shape index (κ1) is 13.7. The number of alkyl halides is 3. The average molecular weight is 251 g/mol. The molecule has 0 saturated carbocycles. The summed E-state index contributed by atoms with van der Waals surface area (Å²) in [5.74, 6) is 0. The Kier molecular flexibility index (Phi) is 3.94. The smallest absolute Gasteiger partial charge is 0.394 e. The van der Waals surface area contributed by atoms with Crippen molar-refractivity contribution in [3.8, 4) is 0 Å². The van der Waals surface area contributed by atoms with E-state index in [2.05, 4.69) is 0 Å². The molecule has 17 heavy (non-hydrogen) atoms. The van der Waals surface area contributed by atoms with Crippen molar-refractivity contribution in [2.45, 2.75) is 25.7 Å². The maximum Gasteiger partial charge on any atom is 0.416 e. The number of aromatic nitrogens is 1. The van der Waals surface area contributed by atoms with Gasteiger partial charge >= 0.3 is 6.18 Å². The van der Waals surface area contributed by atoms with Crippen LogP contribution in [0.1, 0.15) is 11.3 Å². The third-order valence-corrected chi connectivity index (χ3v) is 2.27. The lowest BCUT2D eigenvalue weighted by molar-refractivity contribution is -0.137. The SMILES string of the molecule is Cc1cc(C(F)(F)F)cc(=O)n1C[C@@H](O)CO. The number of hydrogen-bond donors (Lipinski definition) is 2. The molecule has 0 spiro atoms. The molecule has 0 radical (unpaired) electrons. The number of hydrogen-bond acceptors (Lipinski definition) is 3.